The molecule has 1 amide bonds. The van der Waals surface area contributed by atoms with Crippen LogP contribution in [0.1, 0.15) is 32.2 Å². The quantitative estimate of drug-likeness (QED) is 0.923. The van der Waals surface area contributed by atoms with Gasteiger partial charge < -0.3 is 9.73 Å². The van der Waals surface area contributed by atoms with E-state index >= 15 is 0 Å². The lowest BCUT2D eigenvalue weighted by Gasteiger charge is -2.17. The predicted octanol–water partition coefficient (Wildman–Crippen LogP) is 2.84. The number of aromatic nitrogens is 1. The summed E-state index contributed by atoms with van der Waals surface area (Å²) < 4.78 is 5.49. The van der Waals surface area contributed by atoms with Crippen molar-refractivity contribution in [3.63, 3.8) is 0 Å². The van der Waals surface area contributed by atoms with Crippen molar-refractivity contribution in [1.29, 1.82) is 0 Å². The first-order chi connectivity index (χ1) is 8.86. The second-order valence-electron chi connectivity index (χ2n) is 5.79. The number of hydrogen-bond donors (Lipinski definition) is 1. The molecule has 1 heterocycles. The van der Waals surface area contributed by atoms with Crippen molar-refractivity contribution in [2.24, 2.45) is 5.41 Å². The van der Waals surface area contributed by atoms with Crippen LogP contribution in [0.3, 0.4) is 0 Å². The molecule has 4 heteroatoms. The minimum absolute atomic E-state index is 0.0732. The van der Waals surface area contributed by atoms with Gasteiger partial charge in [0.05, 0.1) is 0 Å². The molecule has 1 aromatic heterocycles. The molecule has 0 aliphatic carbocycles. The SMILES string of the molecule is Cc1nc2ccc(CCNC(=O)C(C)(C)C)cc2o1. The Labute approximate surface area is 113 Å². The summed E-state index contributed by atoms with van der Waals surface area (Å²) in [7, 11) is 0. The molecule has 0 fully saturated rings. The Morgan fingerprint density at radius 3 is 2.79 bits per heavy atom. The van der Waals surface area contributed by atoms with Gasteiger partial charge in [-0.25, -0.2) is 4.98 Å². The number of rotatable bonds is 3. The first-order valence-corrected chi connectivity index (χ1v) is 6.50. The molecule has 0 bridgehead atoms. The van der Waals surface area contributed by atoms with Crippen molar-refractivity contribution in [3.05, 3.63) is 29.7 Å². The molecule has 102 valence electrons. The Balaban J connectivity index is 1.96. The summed E-state index contributed by atoms with van der Waals surface area (Å²) in [6, 6.07) is 5.96. The fourth-order valence-electron chi connectivity index (χ4n) is 1.83. The second-order valence-corrected chi connectivity index (χ2v) is 5.79. The molecule has 4 nitrogen and oxygen atoms in total. The van der Waals surface area contributed by atoms with E-state index < -0.39 is 0 Å². The molecule has 2 rings (SSSR count). The van der Waals surface area contributed by atoms with Crippen LogP contribution in [0.15, 0.2) is 22.6 Å². The van der Waals surface area contributed by atoms with Gasteiger partial charge in [-0.1, -0.05) is 26.8 Å². The average Bonchev–Trinajstić information content (AvgIpc) is 2.67. The van der Waals surface area contributed by atoms with Crippen molar-refractivity contribution >= 4 is 17.0 Å². The lowest BCUT2D eigenvalue weighted by Crippen LogP contribution is -2.35. The summed E-state index contributed by atoms with van der Waals surface area (Å²) in [5.41, 5.74) is 2.47. The standard InChI is InChI=1S/C15H20N2O2/c1-10-17-12-6-5-11(9-13(12)19-10)7-8-16-14(18)15(2,3)4/h5-6,9H,7-8H2,1-4H3,(H,16,18). The lowest BCUT2D eigenvalue weighted by atomic mass is 9.95. The number of hydrogen-bond acceptors (Lipinski definition) is 3. The molecule has 19 heavy (non-hydrogen) atoms. The summed E-state index contributed by atoms with van der Waals surface area (Å²) >= 11 is 0. The van der Waals surface area contributed by atoms with E-state index in [9.17, 15) is 4.79 Å². The van der Waals surface area contributed by atoms with Gasteiger partial charge in [0.15, 0.2) is 11.5 Å². The summed E-state index contributed by atoms with van der Waals surface area (Å²) in [5.74, 6) is 0.747. The Morgan fingerprint density at radius 1 is 1.37 bits per heavy atom. The van der Waals surface area contributed by atoms with E-state index in [4.69, 9.17) is 4.42 Å². The van der Waals surface area contributed by atoms with Gasteiger partial charge in [-0.15, -0.1) is 0 Å². The van der Waals surface area contributed by atoms with Crippen LogP contribution in [-0.4, -0.2) is 17.4 Å². The summed E-state index contributed by atoms with van der Waals surface area (Å²) in [6.07, 6.45) is 0.789. The Morgan fingerprint density at radius 2 is 2.11 bits per heavy atom. The molecule has 1 N–H and O–H groups in total. The zero-order valence-electron chi connectivity index (χ0n) is 11.9. The third kappa shape index (κ3) is 3.34. The van der Waals surface area contributed by atoms with Crippen LogP contribution >= 0.6 is 0 Å². The third-order valence-corrected chi connectivity index (χ3v) is 2.94. The fourth-order valence-corrected chi connectivity index (χ4v) is 1.83. The second kappa shape index (κ2) is 5.03. The maximum atomic E-state index is 11.7. The molecule has 1 aromatic carbocycles. The Bertz CT molecular complexity index is 594. The maximum Gasteiger partial charge on any atom is 0.225 e. The monoisotopic (exact) mass is 260 g/mol. The van der Waals surface area contributed by atoms with E-state index in [1.54, 1.807) is 0 Å². The number of benzene rings is 1. The highest BCUT2D eigenvalue weighted by Gasteiger charge is 2.20. The van der Waals surface area contributed by atoms with Crippen LogP contribution in [0.2, 0.25) is 0 Å². The molecule has 0 saturated heterocycles. The number of carbonyl (C=O) groups is 1. The van der Waals surface area contributed by atoms with Gasteiger partial charge in [0, 0.05) is 18.9 Å². The lowest BCUT2D eigenvalue weighted by molar-refractivity contribution is -0.128. The minimum Gasteiger partial charge on any atom is -0.441 e. The van der Waals surface area contributed by atoms with Gasteiger partial charge in [-0.3, -0.25) is 4.79 Å². The minimum atomic E-state index is -0.341. The fraction of sp³-hybridized carbons (Fsp3) is 0.467. The molecule has 0 radical (unpaired) electrons. The van der Waals surface area contributed by atoms with E-state index in [1.165, 1.54) is 0 Å². The molecule has 0 atom stereocenters. The molecule has 2 aromatic rings. The zero-order valence-corrected chi connectivity index (χ0v) is 11.9. The molecule has 0 spiro atoms. The van der Waals surface area contributed by atoms with Gasteiger partial charge in [0.25, 0.3) is 0 Å². The van der Waals surface area contributed by atoms with E-state index in [2.05, 4.69) is 10.3 Å². The molecule has 0 saturated carbocycles. The van der Waals surface area contributed by atoms with Crippen molar-refractivity contribution in [2.75, 3.05) is 6.54 Å². The number of fused-ring (bicyclic) bond motifs is 1. The predicted molar refractivity (Wildman–Crippen MR) is 74.9 cm³/mol. The van der Waals surface area contributed by atoms with Crippen molar-refractivity contribution < 1.29 is 9.21 Å². The Hall–Kier alpha value is -1.84. The zero-order chi connectivity index (χ0) is 14.0. The van der Waals surface area contributed by atoms with E-state index in [1.807, 2.05) is 45.9 Å². The van der Waals surface area contributed by atoms with Crippen molar-refractivity contribution in [3.8, 4) is 0 Å². The van der Waals surface area contributed by atoms with Gasteiger partial charge in [0.2, 0.25) is 5.91 Å². The van der Waals surface area contributed by atoms with Crippen LogP contribution < -0.4 is 5.32 Å². The van der Waals surface area contributed by atoms with Crippen LogP contribution in [0.4, 0.5) is 0 Å². The number of nitrogens with zero attached hydrogens (tertiary/aromatic N) is 1. The summed E-state index contributed by atoms with van der Waals surface area (Å²) in [4.78, 5) is 16.0. The van der Waals surface area contributed by atoms with Crippen molar-refractivity contribution in [2.45, 2.75) is 34.1 Å². The van der Waals surface area contributed by atoms with E-state index in [-0.39, 0.29) is 11.3 Å². The smallest absolute Gasteiger partial charge is 0.225 e. The number of oxazole rings is 1. The van der Waals surface area contributed by atoms with E-state index in [0.29, 0.717) is 12.4 Å². The van der Waals surface area contributed by atoms with Gasteiger partial charge in [-0.2, -0.15) is 0 Å². The third-order valence-electron chi connectivity index (χ3n) is 2.94. The highest BCUT2D eigenvalue weighted by Crippen LogP contribution is 2.17. The van der Waals surface area contributed by atoms with E-state index in [0.717, 1.165) is 23.1 Å². The normalized spacial score (nSPS) is 11.8. The largest absolute Gasteiger partial charge is 0.441 e. The number of aryl methyl sites for hydroxylation is 1. The highest BCUT2D eigenvalue weighted by atomic mass is 16.3. The Kier molecular flexibility index (Phi) is 3.60. The number of amides is 1. The highest BCUT2D eigenvalue weighted by molar-refractivity contribution is 5.81. The summed E-state index contributed by atoms with van der Waals surface area (Å²) in [5, 5.41) is 2.94. The molecular weight excluding hydrogens is 240 g/mol. The topological polar surface area (TPSA) is 55.1 Å². The maximum absolute atomic E-state index is 11.7. The summed E-state index contributed by atoms with van der Waals surface area (Å²) in [6.45, 7) is 8.20. The molecule has 0 aliphatic rings. The number of nitrogens with one attached hydrogen (secondary N) is 1. The molecule has 0 aliphatic heterocycles. The van der Waals surface area contributed by atoms with Gasteiger partial charge in [0.1, 0.15) is 5.52 Å². The van der Waals surface area contributed by atoms with Crippen LogP contribution in [0.5, 0.6) is 0 Å². The van der Waals surface area contributed by atoms with Crippen LogP contribution in [-0.2, 0) is 11.2 Å². The van der Waals surface area contributed by atoms with Crippen LogP contribution in [0, 0.1) is 12.3 Å². The number of carbonyl (C=O) groups excluding carboxylic acids is 1. The molecular formula is C15H20N2O2. The first-order valence-electron chi connectivity index (χ1n) is 6.50. The van der Waals surface area contributed by atoms with Crippen molar-refractivity contribution in [1.82, 2.24) is 10.3 Å². The molecule has 0 unspecified atom stereocenters. The van der Waals surface area contributed by atoms with Gasteiger partial charge in [-0.05, 0) is 24.1 Å². The van der Waals surface area contributed by atoms with Gasteiger partial charge >= 0.3 is 0 Å². The average molecular weight is 260 g/mol. The van der Waals surface area contributed by atoms with Crippen LogP contribution in [0.25, 0.3) is 11.1 Å². The first kappa shape index (κ1) is 13.6.